The lowest BCUT2D eigenvalue weighted by molar-refractivity contribution is 0.414. The minimum Gasteiger partial charge on any atom is -0.497 e. The van der Waals surface area contributed by atoms with Gasteiger partial charge in [-0.15, -0.1) is 0 Å². The second-order valence-corrected chi connectivity index (χ2v) is 5.60. The number of methoxy groups -OCH3 is 1. The minimum absolute atomic E-state index is 0.0837. The highest BCUT2D eigenvalue weighted by Gasteiger charge is 2.12. The molecule has 0 spiro atoms. The lowest BCUT2D eigenvalue weighted by Gasteiger charge is -2.17. The summed E-state index contributed by atoms with van der Waals surface area (Å²) in [4.78, 5) is 27.0. The maximum atomic E-state index is 12.2. The van der Waals surface area contributed by atoms with Crippen LogP contribution in [0.2, 0.25) is 0 Å². The van der Waals surface area contributed by atoms with E-state index in [9.17, 15) is 9.59 Å². The van der Waals surface area contributed by atoms with Gasteiger partial charge in [0.2, 0.25) is 0 Å². The van der Waals surface area contributed by atoms with Crippen LogP contribution in [0.4, 0.5) is 5.82 Å². The highest BCUT2D eigenvalue weighted by Crippen LogP contribution is 2.21. The summed E-state index contributed by atoms with van der Waals surface area (Å²) in [6.07, 6.45) is 0.718. The number of nitrogens with one attached hydrogen (secondary N) is 2. The zero-order chi connectivity index (χ0) is 17.0. The zero-order valence-corrected chi connectivity index (χ0v) is 13.9. The van der Waals surface area contributed by atoms with Gasteiger partial charge in [0.25, 0.3) is 5.56 Å². The van der Waals surface area contributed by atoms with Gasteiger partial charge in [-0.25, -0.2) is 4.79 Å². The fourth-order valence-corrected chi connectivity index (χ4v) is 2.41. The highest BCUT2D eigenvalue weighted by atomic mass is 16.5. The number of hydrogen-bond donors (Lipinski definition) is 2. The first-order valence-corrected chi connectivity index (χ1v) is 7.72. The van der Waals surface area contributed by atoms with Crippen LogP contribution in [-0.2, 0) is 0 Å². The number of benzene rings is 1. The largest absolute Gasteiger partial charge is 0.497 e. The summed E-state index contributed by atoms with van der Waals surface area (Å²) in [6, 6.07) is 8.84. The summed E-state index contributed by atoms with van der Waals surface area (Å²) in [6.45, 7) is 5.74. The van der Waals surface area contributed by atoms with E-state index in [2.05, 4.69) is 10.3 Å². The van der Waals surface area contributed by atoms with Crippen LogP contribution < -0.4 is 21.3 Å². The third kappa shape index (κ3) is 3.83. The van der Waals surface area contributed by atoms with Crippen molar-refractivity contribution >= 4 is 5.82 Å². The number of aromatic nitrogens is 2. The summed E-state index contributed by atoms with van der Waals surface area (Å²) in [5.41, 5.74) is 0.298. The normalized spacial score (nSPS) is 13.4. The molecular weight excluding hydrogens is 294 g/mol. The monoisotopic (exact) mass is 317 g/mol. The standard InChI is InChI=1S/C17H23N3O3/c1-5-11(2)20-16(21)10-15(19-17(20)22)18-12(3)13-7-6-8-14(9-13)23-4/h6-12,18H,5H2,1-4H3,(H,19,22)/t11?,12-/m0/s1. The van der Waals surface area contributed by atoms with E-state index in [-0.39, 0.29) is 17.6 Å². The second kappa shape index (κ2) is 7.17. The van der Waals surface area contributed by atoms with Crippen LogP contribution >= 0.6 is 0 Å². The first-order chi connectivity index (χ1) is 11.0. The molecule has 0 aliphatic heterocycles. The molecule has 2 N–H and O–H groups in total. The van der Waals surface area contributed by atoms with Gasteiger partial charge in [-0.05, 0) is 38.0 Å². The maximum absolute atomic E-state index is 12.2. The molecule has 6 heteroatoms. The zero-order valence-electron chi connectivity index (χ0n) is 13.9. The van der Waals surface area contributed by atoms with Crippen LogP contribution in [0.15, 0.2) is 39.9 Å². The average molecular weight is 317 g/mol. The van der Waals surface area contributed by atoms with Crippen molar-refractivity contribution in [3.05, 3.63) is 56.7 Å². The van der Waals surface area contributed by atoms with Crippen molar-refractivity contribution in [3.8, 4) is 5.75 Å². The Bertz CT molecular complexity index is 748. The molecule has 1 aromatic heterocycles. The van der Waals surface area contributed by atoms with Crippen LogP contribution in [-0.4, -0.2) is 16.7 Å². The molecule has 2 atom stereocenters. The molecule has 23 heavy (non-hydrogen) atoms. The Morgan fingerprint density at radius 1 is 1.26 bits per heavy atom. The highest BCUT2D eigenvalue weighted by molar-refractivity contribution is 5.39. The van der Waals surface area contributed by atoms with Gasteiger partial charge in [0, 0.05) is 12.1 Å². The molecule has 0 aliphatic carbocycles. The molecule has 124 valence electrons. The van der Waals surface area contributed by atoms with E-state index in [1.807, 2.05) is 45.0 Å². The summed E-state index contributed by atoms with van der Waals surface area (Å²) in [7, 11) is 1.61. The third-order valence-corrected chi connectivity index (χ3v) is 3.96. The Morgan fingerprint density at radius 2 is 2.00 bits per heavy atom. The molecule has 0 fully saturated rings. The number of aromatic amines is 1. The van der Waals surface area contributed by atoms with Crippen LogP contribution in [0.25, 0.3) is 0 Å². The molecule has 0 bridgehead atoms. The SMILES string of the molecule is CCC(C)n1c(=O)cc(N[C@@H](C)c2cccc(OC)c2)[nH]c1=O. The van der Waals surface area contributed by atoms with Gasteiger partial charge in [0.1, 0.15) is 11.6 Å². The van der Waals surface area contributed by atoms with Crippen molar-refractivity contribution < 1.29 is 4.74 Å². The Kier molecular flexibility index (Phi) is 5.26. The van der Waals surface area contributed by atoms with E-state index < -0.39 is 5.69 Å². The van der Waals surface area contributed by atoms with E-state index >= 15 is 0 Å². The molecule has 6 nitrogen and oxygen atoms in total. The van der Waals surface area contributed by atoms with Gasteiger partial charge < -0.3 is 10.1 Å². The van der Waals surface area contributed by atoms with E-state index in [1.54, 1.807) is 7.11 Å². The Hall–Kier alpha value is -2.50. The van der Waals surface area contributed by atoms with Gasteiger partial charge in [-0.1, -0.05) is 19.1 Å². The van der Waals surface area contributed by atoms with Crippen LogP contribution in [0.5, 0.6) is 5.75 Å². The average Bonchev–Trinajstić information content (AvgIpc) is 2.53. The molecule has 2 rings (SSSR count). The Morgan fingerprint density at radius 3 is 2.61 bits per heavy atom. The number of H-pyrrole nitrogens is 1. The molecule has 1 heterocycles. The number of anilines is 1. The topological polar surface area (TPSA) is 76.1 Å². The molecule has 0 aliphatic rings. The van der Waals surface area contributed by atoms with E-state index in [0.29, 0.717) is 5.82 Å². The predicted molar refractivity (Wildman–Crippen MR) is 91.4 cm³/mol. The summed E-state index contributed by atoms with van der Waals surface area (Å²) < 4.78 is 6.45. The van der Waals surface area contributed by atoms with Crippen molar-refractivity contribution in [1.82, 2.24) is 9.55 Å². The lowest BCUT2D eigenvalue weighted by atomic mass is 10.1. The molecule has 2 aromatic rings. The van der Waals surface area contributed by atoms with Crippen molar-refractivity contribution in [2.24, 2.45) is 0 Å². The summed E-state index contributed by atoms with van der Waals surface area (Å²) in [5, 5.41) is 3.15. The lowest BCUT2D eigenvalue weighted by Crippen LogP contribution is -2.37. The third-order valence-electron chi connectivity index (χ3n) is 3.96. The van der Waals surface area contributed by atoms with E-state index in [0.717, 1.165) is 17.7 Å². The Balaban J connectivity index is 2.26. The van der Waals surface area contributed by atoms with Gasteiger partial charge in [0.15, 0.2) is 0 Å². The van der Waals surface area contributed by atoms with Crippen LogP contribution in [0, 0.1) is 0 Å². The molecule has 0 saturated heterocycles. The molecular formula is C17H23N3O3. The van der Waals surface area contributed by atoms with E-state index in [1.165, 1.54) is 10.6 Å². The minimum atomic E-state index is -0.396. The molecule has 1 aromatic carbocycles. The van der Waals surface area contributed by atoms with Crippen molar-refractivity contribution in [1.29, 1.82) is 0 Å². The van der Waals surface area contributed by atoms with Crippen LogP contribution in [0.1, 0.15) is 44.8 Å². The van der Waals surface area contributed by atoms with Crippen molar-refractivity contribution in [2.45, 2.75) is 39.3 Å². The number of hydrogen-bond acceptors (Lipinski definition) is 4. The molecule has 1 unspecified atom stereocenters. The molecule has 0 saturated carbocycles. The molecule has 0 radical (unpaired) electrons. The first kappa shape index (κ1) is 16.9. The second-order valence-electron chi connectivity index (χ2n) is 5.60. The van der Waals surface area contributed by atoms with Crippen molar-refractivity contribution in [3.63, 3.8) is 0 Å². The van der Waals surface area contributed by atoms with Gasteiger partial charge in [-0.3, -0.25) is 14.3 Å². The van der Waals surface area contributed by atoms with E-state index in [4.69, 9.17) is 4.74 Å². The van der Waals surface area contributed by atoms with Gasteiger partial charge in [-0.2, -0.15) is 0 Å². The summed E-state index contributed by atoms with van der Waals surface area (Å²) in [5.74, 6) is 1.17. The number of nitrogens with zero attached hydrogens (tertiary/aromatic N) is 1. The number of ether oxygens (including phenoxy) is 1. The summed E-state index contributed by atoms with van der Waals surface area (Å²) >= 11 is 0. The fourth-order valence-electron chi connectivity index (χ4n) is 2.41. The smallest absolute Gasteiger partial charge is 0.330 e. The van der Waals surface area contributed by atoms with Gasteiger partial charge >= 0.3 is 5.69 Å². The maximum Gasteiger partial charge on any atom is 0.330 e. The van der Waals surface area contributed by atoms with Crippen molar-refractivity contribution in [2.75, 3.05) is 12.4 Å². The van der Waals surface area contributed by atoms with Gasteiger partial charge in [0.05, 0.1) is 13.2 Å². The van der Waals surface area contributed by atoms with Crippen LogP contribution in [0.3, 0.4) is 0 Å². The molecule has 0 amide bonds. The quantitative estimate of drug-likeness (QED) is 0.859. The Labute approximate surface area is 135 Å². The fraction of sp³-hybridized carbons (Fsp3) is 0.412. The first-order valence-electron chi connectivity index (χ1n) is 7.72. The number of rotatable bonds is 6. The predicted octanol–water partition coefficient (Wildman–Crippen LogP) is 2.69.